The van der Waals surface area contributed by atoms with Crippen LogP contribution < -0.4 is 5.32 Å². The molecule has 0 amide bonds. The maximum atomic E-state index is 5.61. The summed E-state index contributed by atoms with van der Waals surface area (Å²) in [4.78, 5) is 7.18. The van der Waals surface area contributed by atoms with Gasteiger partial charge in [-0.1, -0.05) is 38.1 Å². The molecule has 1 heterocycles. The van der Waals surface area contributed by atoms with Crippen LogP contribution in [0.25, 0.3) is 0 Å². The Morgan fingerprint density at radius 2 is 2.00 bits per heavy atom. The molecule has 1 saturated heterocycles. The van der Waals surface area contributed by atoms with Crippen LogP contribution in [0.1, 0.15) is 63.5 Å². The third-order valence-electron chi connectivity index (χ3n) is 5.59. The molecule has 27 heavy (non-hydrogen) atoms. The number of halogens is 1. The van der Waals surface area contributed by atoms with Gasteiger partial charge in [-0.15, -0.1) is 24.0 Å². The number of hydrogen-bond donors (Lipinski definition) is 1. The van der Waals surface area contributed by atoms with E-state index >= 15 is 0 Å². The molecule has 3 rings (SSSR count). The molecule has 5 heteroatoms. The van der Waals surface area contributed by atoms with Crippen LogP contribution in [0.4, 0.5) is 0 Å². The lowest BCUT2D eigenvalue weighted by atomic mass is 10.0. The summed E-state index contributed by atoms with van der Waals surface area (Å²) in [5.74, 6) is 2.95. The lowest BCUT2D eigenvalue weighted by Crippen LogP contribution is -2.42. The predicted octanol–water partition coefficient (Wildman–Crippen LogP) is 4.61. The van der Waals surface area contributed by atoms with Crippen molar-refractivity contribution in [3.05, 3.63) is 35.4 Å². The van der Waals surface area contributed by atoms with Crippen LogP contribution in [-0.2, 0) is 4.74 Å². The van der Waals surface area contributed by atoms with E-state index in [1.54, 1.807) is 0 Å². The van der Waals surface area contributed by atoms with Crippen molar-refractivity contribution < 1.29 is 4.74 Å². The summed E-state index contributed by atoms with van der Waals surface area (Å²) in [6.07, 6.45) is 2.41. The van der Waals surface area contributed by atoms with E-state index in [1.807, 2.05) is 0 Å². The maximum absolute atomic E-state index is 5.61. The number of nitrogens with one attached hydrogen (secondary N) is 1. The van der Waals surface area contributed by atoms with Crippen LogP contribution >= 0.6 is 24.0 Å². The van der Waals surface area contributed by atoms with E-state index in [4.69, 9.17) is 9.73 Å². The molecule has 3 unspecified atom stereocenters. The molecule has 2 aliphatic rings. The van der Waals surface area contributed by atoms with Gasteiger partial charge in [0.2, 0.25) is 0 Å². The standard InChI is InChI=1S/C22H35N3O.HI/c1-5-23-22(25-12-11-17(14-25)15-26-6-2)24-21-13-20(21)19-9-7-18(8-10-19)16(3)4;/h7-10,16-17,20-21H,5-6,11-15H2,1-4H3,(H,23,24);1H. The number of ether oxygens (including phenoxy) is 1. The van der Waals surface area contributed by atoms with Crippen LogP contribution in [0.5, 0.6) is 0 Å². The second kappa shape index (κ2) is 10.6. The van der Waals surface area contributed by atoms with Gasteiger partial charge < -0.3 is 15.0 Å². The lowest BCUT2D eigenvalue weighted by molar-refractivity contribution is 0.114. The zero-order valence-corrected chi connectivity index (χ0v) is 19.6. The second-order valence-electron chi connectivity index (χ2n) is 7.97. The molecule has 3 atom stereocenters. The summed E-state index contributed by atoms with van der Waals surface area (Å²) < 4.78 is 5.61. The topological polar surface area (TPSA) is 36.9 Å². The predicted molar refractivity (Wildman–Crippen MR) is 124 cm³/mol. The van der Waals surface area contributed by atoms with Crippen molar-refractivity contribution in [3.63, 3.8) is 0 Å². The first kappa shape index (κ1) is 22.5. The fourth-order valence-electron chi connectivity index (χ4n) is 3.85. The Labute approximate surface area is 182 Å². The van der Waals surface area contributed by atoms with Gasteiger partial charge in [-0.3, -0.25) is 4.99 Å². The van der Waals surface area contributed by atoms with E-state index in [-0.39, 0.29) is 24.0 Å². The molecule has 1 saturated carbocycles. The zero-order valence-electron chi connectivity index (χ0n) is 17.3. The first-order valence-electron chi connectivity index (χ1n) is 10.4. The van der Waals surface area contributed by atoms with E-state index in [0.717, 1.165) is 38.8 Å². The van der Waals surface area contributed by atoms with Crippen LogP contribution in [0.3, 0.4) is 0 Å². The van der Waals surface area contributed by atoms with Gasteiger partial charge in [0.15, 0.2) is 5.96 Å². The molecule has 0 aromatic heterocycles. The first-order chi connectivity index (χ1) is 12.6. The fourth-order valence-corrected chi connectivity index (χ4v) is 3.85. The van der Waals surface area contributed by atoms with E-state index in [1.165, 1.54) is 24.0 Å². The largest absolute Gasteiger partial charge is 0.381 e. The molecule has 1 aliphatic heterocycles. The zero-order chi connectivity index (χ0) is 18.5. The van der Waals surface area contributed by atoms with Gasteiger partial charge >= 0.3 is 0 Å². The van der Waals surface area contributed by atoms with Gasteiger partial charge in [0, 0.05) is 44.1 Å². The number of aliphatic imine (C=N–C) groups is 1. The minimum atomic E-state index is 0. The summed E-state index contributed by atoms with van der Waals surface area (Å²) in [5.41, 5.74) is 2.88. The van der Waals surface area contributed by atoms with Gasteiger partial charge in [0.05, 0.1) is 6.61 Å². The highest BCUT2D eigenvalue weighted by molar-refractivity contribution is 14.0. The van der Waals surface area contributed by atoms with Crippen LogP contribution in [0, 0.1) is 5.92 Å². The van der Waals surface area contributed by atoms with Gasteiger partial charge in [0.1, 0.15) is 0 Å². The van der Waals surface area contributed by atoms with Gasteiger partial charge in [-0.05, 0) is 43.7 Å². The highest BCUT2D eigenvalue weighted by atomic mass is 127. The molecule has 1 aliphatic carbocycles. The van der Waals surface area contributed by atoms with Crippen molar-refractivity contribution in [3.8, 4) is 0 Å². The third kappa shape index (κ3) is 6.08. The monoisotopic (exact) mass is 485 g/mol. The molecule has 0 bridgehead atoms. The Hall–Kier alpha value is -0.820. The van der Waals surface area contributed by atoms with Crippen molar-refractivity contribution in [2.24, 2.45) is 10.9 Å². The number of likely N-dealkylation sites (tertiary alicyclic amines) is 1. The highest BCUT2D eigenvalue weighted by Gasteiger charge is 2.40. The Kier molecular flexibility index (Phi) is 8.86. The Morgan fingerprint density at radius 1 is 1.26 bits per heavy atom. The molecule has 0 radical (unpaired) electrons. The molecule has 152 valence electrons. The van der Waals surface area contributed by atoms with Gasteiger partial charge in [0.25, 0.3) is 0 Å². The van der Waals surface area contributed by atoms with E-state index in [0.29, 0.717) is 23.8 Å². The van der Waals surface area contributed by atoms with Crippen molar-refractivity contribution in [1.29, 1.82) is 0 Å². The van der Waals surface area contributed by atoms with Crippen molar-refractivity contribution in [1.82, 2.24) is 10.2 Å². The van der Waals surface area contributed by atoms with Crippen molar-refractivity contribution in [2.75, 3.05) is 32.8 Å². The van der Waals surface area contributed by atoms with E-state index < -0.39 is 0 Å². The van der Waals surface area contributed by atoms with Crippen molar-refractivity contribution in [2.45, 2.75) is 58.4 Å². The summed E-state index contributed by atoms with van der Waals surface area (Å²) >= 11 is 0. The Balaban J connectivity index is 0.00000261. The molecule has 1 N–H and O–H groups in total. The lowest BCUT2D eigenvalue weighted by Gasteiger charge is -2.22. The van der Waals surface area contributed by atoms with Gasteiger partial charge in [-0.25, -0.2) is 0 Å². The van der Waals surface area contributed by atoms with Crippen LogP contribution in [0.2, 0.25) is 0 Å². The summed E-state index contributed by atoms with van der Waals surface area (Å²) in [6.45, 7) is 13.3. The molecule has 4 nitrogen and oxygen atoms in total. The maximum Gasteiger partial charge on any atom is 0.194 e. The number of rotatable bonds is 7. The quantitative estimate of drug-likeness (QED) is 0.348. The Bertz CT molecular complexity index is 602. The minimum Gasteiger partial charge on any atom is -0.381 e. The third-order valence-corrected chi connectivity index (χ3v) is 5.59. The average Bonchev–Trinajstić information content (AvgIpc) is 3.25. The van der Waals surface area contributed by atoms with E-state index in [2.05, 4.69) is 62.2 Å². The molecule has 0 spiro atoms. The average molecular weight is 485 g/mol. The number of guanidine groups is 1. The van der Waals surface area contributed by atoms with Crippen LogP contribution in [-0.4, -0.2) is 49.7 Å². The number of hydrogen-bond acceptors (Lipinski definition) is 2. The molecular weight excluding hydrogens is 449 g/mol. The van der Waals surface area contributed by atoms with Gasteiger partial charge in [-0.2, -0.15) is 0 Å². The smallest absolute Gasteiger partial charge is 0.194 e. The summed E-state index contributed by atoms with van der Waals surface area (Å²) in [6, 6.07) is 9.72. The molecular formula is C22H36IN3O. The number of benzene rings is 1. The first-order valence-corrected chi connectivity index (χ1v) is 10.4. The molecule has 2 fully saturated rings. The van der Waals surface area contributed by atoms with Crippen LogP contribution in [0.15, 0.2) is 29.3 Å². The highest BCUT2D eigenvalue weighted by Crippen LogP contribution is 2.41. The SMILES string of the molecule is CCN=C(NC1CC1c1ccc(C(C)C)cc1)N1CCC(COCC)C1.I. The van der Waals surface area contributed by atoms with Crippen molar-refractivity contribution >= 4 is 29.9 Å². The summed E-state index contributed by atoms with van der Waals surface area (Å²) in [5, 5.41) is 3.73. The molecule has 1 aromatic carbocycles. The van der Waals surface area contributed by atoms with E-state index in [9.17, 15) is 0 Å². The fraction of sp³-hybridized carbons (Fsp3) is 0.682. The minimum absolute atomic E-state index is 0. The summed E-state index contributed by atoms with van der Waals surface area (Å²) in [7, 11) is 0. The number of nitrogens with zero attached hydrogens (tertiary/aromatic N) is 2. The molecule has 1 aromatic rings. The second-order valence-corrected chi connectivity index (χ2v) is 7.97. The Morgan fingerprint density at radius 3 is 2.63 bits per heavy atom. The normalized spacial score (nSPS) is 24.9.